The zero-order valence-electron chi connectivity index (χ0n) is 10.7. The van der Waals surface area contributed by atoms with Gasteiger partial charge in [0.15, 0.2) is 5.65 Å². The Balaban J connectivity index is 1.89. The summed E-state index contributed by atoms with van der Waals surface area (Å²) in [5.74, 6) is -0.277. The number of halogens is 1. The lowest BCUT2D eigenvalue weighted by Crippen LogP contribution is -2.13. The van der Waals surface area contributed by atoms with Gasteiger partial charge in [-0.3, -0.25) is 4.79 Å². The van der Waals surface area contributed by atoms with Gasteiger partial charge in [0.2, 0.25) is 0 Å². The monoisotopic (exact) mass is 286 g/mol. The van der Waals surface area contributed by atoms with E-state index in [-0.39, 0.29) is 5.91 Å². The summed E-state index contributed by atoms with van der Waals surface area (Å²) in [6, 6.07) is 8.74. The summed E-state index contributed by atoms with van der Waals surface area (Å²) in [5.41, 5.74) is 2.58. The van der Waals surface area contributed by atoms with Gasteiger partial charge < -0.3 is 5.32 Å². The Bertz CT molecular complexity index is 797. The molecule has 1 N–H and O–H groups in total. The van der Waals surface area contributed by atoms with Crippen LogP contribution in [0.15, 0.2) is 42.7 Å². The van der Waals surface area contributed by atoms with Crippen LogP contribution in [-0.4, -0.2) is 20.5 Å². The van der Waals surface area contributed by atoms with Crippen LogP contribution in [0.25, 0.3) is 5.65 Å². The minimum atomic E-state index is -0.277. The number of carbonyl (C=O) groups excluding carboxylic acids is 1. The van der Waals surface area contributed by atoms with E-state index in [0.717, 1.165) is 11.3 Å². The van der Waals surface area contributed by atoms with Gasteiger partial charge in [0.05, 0.1) is 34.4 Å². The summed E-state index contributed by atoms with van der Waals surface area (Å²) in [6.07, 6.45) is 3.30. The Hall–Kier alpha value is -2.40. The van der Waals surface area contributed by atoms with E-state index in [1.165, 1.54) is 0 Å². The van der Waals surface area contributed by atoms with Gasteiger partial charge >= 0.3 is 0 Å². The maximum atomic E-state index is 12.1. The van der Waals surface area contributed by atoms with Crippen molar-refractivity contribution >= 4 is 28.8 Å². The number of amides is 1. The first-order chi connectivity index (χ1) is 9.63. The average molecular weight is 287 g/mol. The summed E-state index contributed by atoms with van der Waals surface area (Å²) in [7, 11) is 0. The smallest absolute Gasteiger partial charge is 0.257 e. The van der Waals surface area contributed by atoms with Crippen LogP contribution in [0.2, 0.25) is 5.02 Å². The first-order valence-corrected chi connectivity index (χ1v) is 6.39. The Morgan fingerprint density at radius 1 is 1.35 bits per heavy atom. The molecule has 1 aromatic carbocycles. The van der Waals surface area contributed by atoms with Gasteiger partial charge in [-0.15, -0.1) is 0 Å². The first-order valence-electron chi connectivity index (χ1n) is 6.01. The van der Waals surface area contributed by atoms with Crippen LogP contribution in [0, 0.1) is 6.92 Å². The predicted molar refractivity (Wildman–Crippen MR) is 77.1 cm³/mol. The molecule has 0 spiro atoms. The maximum Gasteiger partial charge on any atom is 0.257 e. The molecule has 20 heavy (non-hydrogen) atoms. The first kappa shape index (κ1) is 12.6. The Kier molecular flexibility index (Phi) is 3.12. The van der Waals surface area contributed by atoms with Crippen molar-refractivity contribution in [2.75, 3.05) is 5.32 Å². The number of hydrogen-bond acceptors (Lipinski definition) is 3. The third-order valence-corrected chi connectivity index (χ3v) is 3.14. The standard InChI is InChI=1S/C14H11ClN4O/c1-9-6-13-16-7-10(8-19(13)18-9)17-14(20)11-4-2-3-5-12(11)15/h2-8H,1H3,(H,17,20). The highest BCUT2D eigenvalue weighted by molar-refractivity contribution is 6.34. The number of hydrogen-bond donors (Lipinski definition) is 1. The number of benzene rings is 1. The molecule has 0 radical (unpaired) electrons. The molecule has 0 aliphatic heterocycles. The van der Waals surface area contributed by atoms with Crippen molar-refractivity contribution in [3.63, 3.8) is 0 Å². The molecule has 0 aliphatic carbocycles. The summed E-state index contributed by atoms with van der Waals surface area (Å²) >= 11 is 5.99. The second-order valence-corrected chi connectivity index (χ2v) is 4.77. The van der Waals surface area contributed by atoms with Crippen LogP contribution in [0.1, 0.15) is 16.1 Å². The molecule has 1 amide bonds. The number of nitrogens with zero attached hydrogens (tertiary/aromatic N) is 3. The molecule has 0 saturated heterocycles. The number of rotatable bonds is 2. The van der Waals surface area contributed by atoms with Crippen LogP contribution < -0.4 is 5.32 Å². The number of nitrogens with one attached hydrogen (secondary N) is 1. The second kappa shape index (κ2) is 4.94. The van der Waals surface area contributed by atoms with Crippen molar-refractivity contribution in [3.05, 3.63) is 59.0 Å². The third-order valence-electron chi connectivity index (χ3n) is 2.81. The van der Waals surface area contributed by atoms with Crippen LogP contribution in [0.4, 0.5) is 5.69 Å². The molecule has 100 valence electrons. The van der Waals surface area contributed by atoms with Crippen molar-refractivity contribution in [1.82, 2.24) is 14.6 Å². The molecular formula is C14H11ClN4O. The molecule has 6 heteroatoms. The topological polar surface area (TPSA) is 59.3 Å². The Labute approximate surface area is 120 Å². The van der Waals surface area contributed by atoms with Gasteiger partial charge in [-0.1, -0.05) is 23.7 Å². The van der Waals surface area contributed by atoms with Gasteiger partial charge in [0.1, 0.15) is 0 Å². The largest absolute Gasteiger partial charge is 0.319 e. The molecule has 0 aliphatic rings. The second-order valence-electron chi connectivity index (χ2n) is 4.37. The van der Waals surface area contributed by atoms with Gasteiger partial charge in [-0.2, -0.15) is 5.10 Å². The lowest BCUT2D eigenvalue weighted by atomic mass is 10.2. The van der Waals surface area contributed by atoms with Crippen molar-refractivity contribution in [3.8, 4) is 0 Å². The molecule has 0 unspecified atom stereocenters. The van der Waals surface area contributed by atoms with Gasteiger partial charge in [0, 0.05) is 6.07 Å². The van der Waals surface area contributed by atoms with E-state index >= 15 is 0 Å². The molecule has 2 heterocycles. The molecule has 3 rings (SSSR count). The molecule has 0 fully saturated rings. The highest BCUT2D eigenvalue weighted by Crippen LogP contribution is 2.17. The number of aryl methyl sites for hydroxylation is 1. The van der Waals surface area contributed by atoms with E-state index < -0.39 is 0 Å². The van der Waals surface area contributed by atoms with Gasteiger partial charge in [0.25, 0.3) is 5.91 Å². The molecule has 0 saturated carbocycles. The zero-order chi connectivity index (χ0) is 14.1. The van der Waals surface area contributed by atoms with E-state index in [0.29, 0.717) is 16.3 Å². The lowest BCUT2D eigenvalue weighted by Gasteiger charge is -2.06. The van der Waals surface area contributed by atoms with Crippen LogP contribution >= 0.6 is 11.6 Å². The van der Waals surface area contributed by atoms with Crippen LogP contribution in [0.3, 0.4) is 0 Å². The van der Waals surface area contributed by atoms with E-state index in [4.69, 9.17) is 11.6 Å². The molecular weight excluding hydrogens is 276 g/mol. The van der Waals surface area contributed by atoms with Crippen molar-refractivity contribution < 1.29 is 4.79 Å². The predicted octanol–water partition coefficient (Wildman–Crippen LogP) is 2.94. The maximum absolute atomic E-state index is 12.1. The lowest BCUT2D eigenvalue weighted by molar-refractivity contribution is 0.102. The third kappa shape index (κ3) is 2.35. The fourth-order valence-electron chi connectivity index (χ4n) is 1.90. The molecule has 3 aromatic rings. The molecule has 0 bridgehead atoms. The van der Waals surface area contributed by atoms with E-state index in [2.05, 4.69) is 15.4 Å². The molecule has 0 atom stereocenters. The number of anilines is 1. The van der Waals surface area contributed by atoms with Crippen LogP contribution in [0.5, 0.6) is 0 Å². The number of carbonyl (C=O) groups is 1. The quantitative estimate of drug-likeness (QED) is 0.788. The Morgan fingerprint density at radius 3 is 2.95 bits per heavy atom. The average Bonchev–Trinajstić information content (AvgIpc) is 2.78. The normalized spacial score (nSPS) is 10.7. The summed E-state index contributed by atoms with van der Waals surface area (Å²) in [4.78, 5) is 16.3. The van der Waals surface area contributed by atoms with E-state index in [1.54, 1.807) is 41.2 Å². The molecule has 5 nitrogen and oxygen atoms in total. The summed E-state index contributed by atoms with van der Waals surface area (Å²) in [5, 5.41) is 7.41. The number of fused-ring (bicyclic) bond motifs is 1. The van der Waals surface area contributed by atoms with E-state index in [1.807, 2.05) is 13.0 Å². The fraction of sp³-hybridized carbons (Fsp3) is 0.0714. The minimum Gasteiger partial charge on any atom is -0.319 e. The fourth-order valence-corrected chi connectivity index (χ4v) is 2.13. The summed E-state index contributed by atoms with van der Waals surface area (Å²) < 4.78 is 1.62. The SMILES string of the molecule is Cc1cc2ncc(NC(=O)c3ccccc3Cl)cn2n1. The van der Waals surface area contributed by atoms with Crippen molar-refractivity contribution in [1.29, 1.82) is 0 Å². The summed E-state index contributed by atoms with van der Waals surface area (Å²) in [6.45, 7) is 1.89. The Morgan fingerprint density at radius 2 is 2.15 bits per heavy atom. The van der Waals surface area contributed by atoms with Crippen molar-refractivity contribution in [2.24, 2.45) is 0 Å². The van der Waals surface area contributed by atoms with Gasteiger partial charge in [-0.25, -0.2) is 9.50 Å². The highest BCUT2D eigenvalue weighted by atomic mass is 35.5. The zero-order valence-corrected chi connectivity index (χ0v) is 11.4. The molecule has 2 aromatic heterocycles. The minimum absolute atomic E-state index is 0.277. The van der Waals surface area contributed by atoms with E-state index in [9.17, 15) is 4.79 Å². The highest BCUT2D eigenvalue weighted by Gasteiger charge is 2.10. The van der Waals surface area contributed by atoms with Gasteiger partial charge in [-0.05, 0) is 19.1 Å². The van der Waals surface area contributed by atoms with Crippen molar-refractivity contribution in [2.45, 2.75) is 6.92 Å². The number of aromatic nitrogens is 3. The van der Waals surface area contributed by atoms with Crippen LogP contribution in [-0.2, 0) is 0 Å².